The Kier molecular flexibility index (Phi) is 5.20. The fourth-order valence-corrected chi connectivity index (χ4v) is 3.83. The van der Waals surface area contributed by atoms with Gasteiger partial charge in [-0.1, -0.05) is 36.4 Å². The SMILES string of the molecule is COC(=O)c1ccc2c(c1)NC(=O)/C2=C(\Nc1ccc(-c2ncc[nH]2)cc1)c1ccccc1. The third kappa shape index (κ3) is 3.87. The van der Waals surface area contributed by atoms with Crippen molar-refractivity contribution < 1.29 is 14.3 Å². The quantitative estimate of drug-likeness (QED) is 0.309. The van der Waals surface area contributed by atoms with Crippen molar-refractivity contribution in [2.75, 3.05) is 17.7 Å². The van der Waals surface area contributed by atoms with Gasteiger partial charge >= 0.3 is 5.97 Å². The average Bonchev–Trinajstić information content (AvgIpc) is 3.50. The van der Waals surface area contributed by atoms with Gasteiger partial charge in [0.1, 0.15) is 5.82 Å². The normalized spacial score (nSPS) is 13.8. The van der Waals surface area contributed by atoms with Gasteiger partial charge in [-0.15, -0.1) is 0 Å². The van der Waals surface area contributed by atoms with Crippen molar-refractivity contribution in [2.45, 2.75) is 0 Å². The van der Waals surface area contributed by atoms with Gasteiger partial charge in [0.15, 0.2) is 0 Å². The maximum Gasteiger partial charge on any atom is 0.337 e. The molecule has 3 aromatic carbocycles. The summed E-state index contributed by atoms with van der Waals surface area (Å²) >= 11 is 0. The molecule has 1 aliphatic rings. The van der Waals surface area contributed by atoms with Gasteiger partial charge in [0.25, 0.3) is 5.91 Å². The van der Waals surface area contributed by atoms with Crippen molar-refractivity contribution >= 4 is 34.5 Å². The summed E-state index contributed by atoms with van der Waals surface area (Å²) in [6.45, 7) is 0. The van der Waals surface area contributed by atoms with Gasteiger partial charge in [-0.3, -0.25) is 4.79 Å². The summed E-state index contributed by atoms with van der Waals surface area (Å²) in [5, 5.41) is 6.30. The van der Waals surface area contributed by atoms with E-state index in [4.69, 9.17) is 4.74 Å². The van der Waals surface area contributed by atoms with Crippen molar-refractivity contribution in [3.05, 3.63) is 102 Å². The Morgan fingerprint density at radius 2 is 1.76 bits per heavy atom. The Morgan fingerprint density at radius 3 is 2.45 bits per heavy atom. The van der Waals surface area contributed by atoms with Crippen molar-refractivity contribution in [2.24, 2.45) is 0 Å². The van der Waals surface area contributed by atoms with E-state index in [1.165, 1.54) is 7.11 Å². The first kappa shape index (κ1) is 20.3. The number of esters is 1. The van der Waals surface area contributed by atoms with Gasteiger partial charge in [-0.25, -0.2) is 9.78 Å². The minimum atomic E-state index is -0.456. The first-order valence-corrected chi connectivity index (χ1v) is 10.3. The van der Waals surface area contributed by atoms with Crippen LogP contribution < -0.4 is 10.6 Å². The van der Waals surface area contributed by atoms with E-state index in [1.807, 2.05) is 54.6 Å². The highest BCUT2D eigenvalue weighted by Crippen LogP contribution is 2.38. The minimum absolute atomic E-state index is 0.245. The number of anilines is 2. The van der Waals surface area contributed by atoms with Crippen LogP contribution in [0.25, 0.3) is 22.7 Å². The number of aromatic nitrogens is 2. The second kappa shape index (κ2) is 8.47. The van der Waals surface area contributed by atoms with Gasteiger partial charge < -0.3 is 20.4 Å². The maximum atomic E-state index is 13.1. The van der Waals surface area contributed by atoms with E-state index < -0.39 is 5.97 Å². The molecule has 2 heterocycles. The number of carbonyl (C=O) groups excluding carboxylic acids is 2. The summed E-state index contributed by atoms with van der Waals surface area (Å²) in [6, 6.07) is 22.5. The predicted molar refractivity (Wildman–Crippen MR) is 127 cm³/mol. The molecule has 0 atom stereocenters. The van der Waals surface area contributed by atoms with Gasteiger partial charge in [0.05, 0.1) is 29.6 Å². The lowest BCUT2D eigenvalue weighted by Gasteiger charge is -2.15. The molecule has 5 rings (SSSR count). The van der Waals surface area contributed by atoms with E-state index in [1.54, 1.807) is 30.6 Å². The van der Waals surface area contributed by atoms with Crippen LogP contribution in [0.1, 0.15) is 21.5 Å². The zero-order valence-electron chi connectivity index (χ0n) is 17.8. The molecule has 0 aliphatic carbocycles. The van der Waals surface area contributed by atoms with Crippen molar-refractivity contribution in [1.29, 1.82) is 0 Å². The molecule has 3 N–H and O–H groups in total. The molecule has 1 amide bonds. The van der Waals surface area contributed by atoms with E-state index in [9.17, 15) is 9.59 Å². The Bertz CT molecular complexity index is 1360. The maximum absolute atomic E-state index is 13.1. The zero-order valence-corrected chi connectivity index (χ0v) is 17.8. The second-order valence-corrected chi connectivity index (χ2v) is 7.46. The van der Waals surface area contributed by atoms with Crippen LogP contribution in [0.4, 0.5) is 11.4 Å². The number of fused-ring (bicyclic) bond motifs is 1. The molecule has 0 unspecified atom stereocenters. The standard InChI is InChI=1S/C26H20N4O3/c1-33-26(32)18-9-12-20-21(15-18)30-25(31)22(20)23(16-5-3-2-4-6-16)29-19-10-7-17(8-11-19)24-27-13-14-28-24/h2-15,29H,1H3,(H,27,28)(H,30,31)/b23-22-. The molecular weight excluding hydrogens is 416 g/mol. The molecule has 0 saturated carbocycles. The molecule has 7 heteroatoms. The van der Waals surface area contributed by atoms with Crippen LogP contribution in [0.15, 0.2) is 85.2 Å². The topological polar surface area (TPSA) is 96.1 Å². The Labute approximate surface area is 190 Å². The van der Waals surface area contributed by atoms with E-state index in [0.717, 1.165) is 22.6 Å². The van der Waals surface area contributed by atoms with Crippen molar-refractivity contribution in [3.63, 3.8) is 0 Å². The number of aromatic amines is 1. The number of H-pyrrole nitrogens is 1. The van der Waals surface area contributed by atoms with Crippen LogP contribution in [0.3, 0.4) is 0 Å². The average molecular weight is 436 g/mol. The number of imidazole rings is 1. The van der Waals surface area contributed by atoms with Crippen LogP contribution in [-0.4, -0.2) is 29.0 Å². The predicted octanol–water partition coefficient (Wildman–Crippen LogP) is 4.80. The molecule has 0 saturated heterocycles. The summed E-state index contributed by atoms with van der Waals surface area (Å²) < 4.78 is 4.80. The van der Waals surface area contributed by atoms with Gasteiger partial charge in [0.2, 0.25) is 0 Å². The van der Waals surface area contributed by atoms with Crippen molar-refractivity contribution in [1.82, 2.24) is 9.97 Å². The lowest BCUT2D eigenvalue weighted by molar-refractivity contribution is -0.110. The summed E-state index contributed by atoms with van der Waals surface area (Å²) in [4.78, 5) is 32.3. The molecular formula is C26H20N4O3. The Balaban J connectivity index is 1.58. The molecule has 0 spiro atoms. The van der Waals surface area contributed by atoms with E-state index in [2.05, 4.69) is 20.6 Å². The molecule has 4 aromatic rings. The highest BCUT2D eigenvalue weighted by atomic mass is 16.5. The molecule has 0 bridgehead atoms. The molecule has 33 heavy (non-hydrogen) atoms. The fraction of sp³-hybridized carbons (Fsp3) is 0.0385. The summed E-state index contributed by atoms with van der Waals surface area (Å²) in [5.74, 6) is 0.0850. The Hall–Kier alpha value is -4.65. The molecule has 7 nitrogen and oxygen atoms in total. The number of nitrogens with zero attached hydrogens (tertiary/aromatic N) is 1. The summed E-state index contributed by atoms with van der Waals surface area (Å²) in [7, 11) is 1.33. The second-order valence-electron chi connectivity index (χ2n) is 7.46. The number of hydrogen-bond donors (Lipinski definition) is 3. The van der Waals surface area contributed by atoms with E-state index in [0.29, 0.717) is 28.1 Å². The monoisotopic (exact) mass is 436 g/mol. The lowest BCUT2D eigenvalue weighted by Crippen LogP contribution is -2.10. The number of methoxy groups -OCH3 is 1. The summed E-state index contributed by atoms with van der Waals surface area (Å²) in [5.41, 5.74) is 5.48. The largest absolute Gasteiger partial charge is 0.465 e. The molecule has 162 valence electrons. The number of hydrogen-bond acceptors (Lipinski definition) is 5. The molecule has 0 fully saturated rings. The molecule has 0 radical (unpaired) electrons. The van der Waals surface area contributed by atoms with Crippen LogP contribution >= 0.6 is 0 Å². The summed E-state index contributed by atoms with van der Waals surface area (Å²) in [6.07, 6.45) is 3.49. The molecule has 1 aromatic heterocycles. The third-order valence-corrected chi connectivity index (χ3v) is 5.42. The highest BCUT2D eigenvalue weighted by Gasteiger charge is 2.29. The van der Waals surface area contributed by atoms with Crippen LogP contribution in [-0.2, 0) is 9.53 Å². The van der Waals surface area contributed by atoms with Crippen molar-refractivity contribution in [3.8, 4) is 11.4 Å². The third-order valence-electron chi connectivity index (χ3n) is 5.42. The number of amides is 1. The van der Waals surface area contributed by atoms with Gasteiger partial charge in [-0.2, -0.15) is 0 Å². The van der Waals surface area contributed by atoms with Crippen LogP contribution in [0.5, 0.6) is 0 Å². The van der Waals surface area contributed by atoms with Gasteiger partial charge in [0, 0.05) is 29.2 Å². The smallest absolute Gasteiger partial charge is 0.337 e. The first-order chi connectivity index (χ1) is 16.1. The van der Waals surface area contributed by atoms with Crippen LogP contribution in [0.2, 0.25) is 0 Å². The first-order valence-electron chi connectivity index (χ1n) is 10.3. The number of ether oxygens (including phenoxy) is 1. The Morgan fingerprint density at radius 1 is 0.970 bits per heavy atom. The highest BCUT2D eigenvalue weighted by molar-refractivity contribution is 6.37. The number of benzene rings is 3. The lowest BCUT2D eigenvalue weighted by atomic mass is 9.99. The number of nitrogens with one attached hydrogen (secondary N) is 3. The zero-order chi connectivity index (χ0) is 22.8. The van der Waals surface area contributed by atoms with E-state index in [-0.39, 0.29) is 5.91 Å². The van der Waals surface area contributed by atoms with E-state index >= 15 is 0 Å². The van der Waals surface area contributed by atoms with Gasteiger partial charge in [-0.05, 0) is 42.0 Å². The number of carbonyl (C=O) groups is 2. The fourth-order valence-electron chi connectivity index (χ4n) is 3.83. The van der Waals surface area contributed by atoms with Crippen LogP contribution in [0, 0.1) is 0 Å². The minimum Gasteiger partial charge on any atom is -0.465 e. The number of rotatable bonds is 5. The molecule has 1 aliphatic heterocycles.